The number of thioether (sulfide) groups is 1. The van der Waals surface area contributed by atoms with Crippen molar-refractivity contribution in [1.29, 1.82) is 0 Å². The first kappa shape index (κ1) is 10.0. The Morgan fingerprint density at radius 1 is 1.57 bits per heavy atom. The summed E-state index contributed by atoms with van der Waals surface area (Å²) in [7, 11) is 0. The third kappa shape index (κ3) is 2.50. The molecule has 2 heterocycles. The first-order chi connectivity index (χ1) is 6.74. The van der Waals surface area contributed by atoms with E-state index in [0.717, 1.165) is 24.7 Å². The summed E-state index contributed by atoms with van der Waals surface area (Å²) in [6.45, 7) is 1.60. The third-order valence-corrected chi connectivity index (χ3v) is 3.21. The van der Waals surface area contributed by atoms with Gasteiger partial charge < -0.3 is 10.5 Å². The molecule has 2 N–H and O–H groups in total. The van der Waals surface area contributed by atoms with Crippen molar-refractivity contribution in [2.24, 2.45) is 0 Å². The number of nitrogens with zero attached hydrogens (tertiary/aromatic N) is 2. The average Bonchev–Trinajstić information content (AvgIpc) is 2.54. The number of hydrogen-bond acceptors (Lipinski definition) is 5. The highest BCUT2D eigenvalue weighted by Gasteiger charge is 2.17. The Bertz CT molecular complexity index is 310. The standard InChI is InChI=1S/C8H10ClN3OS/c9-6-3-7(12-8(10)11-6)14-5-1-2-13-4-5/h3,5H,1-2,4H2,(H2,10,11,12). The van der Waals surface area contributed by atoms with Crippen LogP contribution in [0.15, 0.2) is 11.1 Å². The van der Waals surface area contributed by atoms with Crippen LogP contribution in [0, 0.1) is 0 Å². The molecule has 0 spiro atoms. The van der Waals surface area contributed by atoms with Gasteiger partial charge in [0.15, 0.2) is 0 Å². The van der Waals surface area contributed by atoms with E-state index in [0.29, 0.717) is 10.4 Å². The summed E-state index contributed by atoms with van der Waals surface area (Å²) in [4.78, 5) is 7.88. The van der Waals surface area contributed by atoms with Crippen LogP contribution in [0.25, 0.3) is 0 Å². The highest BCUT2D eigenvalue weighted by atomic mass is 35.5. The summed E-state index contributed by atoms with van der Waals surface area (Å²) >= 11 is 7.40. The van der Waals surface area contributed by atoms with Gasteiger partial charge in [-0.1, -0.05) is 11.6 Å². The lowest BCUT2D eigenvalue weighted by Gasteiger charge is -2.06. The Balaban J connectivity index is 2.07. The fourth-order valence-corrected chi connectivity index (χ4v) is 2.55. The van der Waals surface area contributed by atoms with Crippen molar-refractivity contribution in [3.8, 4) is 0 Å². The SMILES string of the molecule is Nc1nc(Cl)cc(SC2CCOC2)n1. The Labute approximate surface area is 91.2 Å². The first-order valence-electron chi connectivity index (χ1n) is 4.28. The minimum atomic E-state index is 0.221. The van der Waals surface area contributed by atoms with E-state index in [2.05, 4.69) is 9.97 Å². The van der Waals surface area contributed by atoms with Crippen LogP contribution in [0.5, 0.6) is 0 Å². The molecule has 1 saturated heterocycles. The fraction of sp³-hybridized carbons (Fsp3) is 0.500. The monoisotopic (exact) mass is 231 g/mol. The van der Waals surface area contributed by atoms with Gasteiger partial charge in [-0.3, -0.25) is 0 Å². The van der Waals surface area contributed by atoms with E-state index < -0.39 is 0 Å². The zero-order valence-corrected chi connectivity index (χ0v) is 9.01. The Morgan fingerprint density at radius 3 is 3.07 bits per heavy atom. The molecule has 14 heavy (non-hydrogen) atoms. The summed E-state index contributed by atoms with van der Waals surface area (Å²) in [5.41, 5.74) is 5.48. The molecule has 0 aliphatic carbocycles. The first-order valence-corrected chi connectivity index (χ1v) is 5.54. The maximum Gasteiger partial charge on any atom is 0.222 e. The van der Waals surface area contributed by atoms with Gasteiger partial charge in [0.2, 0.25) is 5.95 Å². The molecule has 76 valence electrons. The minimum absolute atomic E-state index is 0.221. The Kier molecular flexibility index (Phi) is 3.10. The second kappa shape index (κ2) is 4.33. The van der Waals surface area contributed by atoms with E-state index in [1.54, 1.807) is 17.8 Å². The van der Waals surface area contributed by atoms with Crippen molar-refractivity contribution in [2.75, 3.05) is 18.9 Å². The second-order valence-corrected chi connectivity index (χ2v) is 4.70. The lowest BCUT2D eigenvalue weighted by atomic mass is 10.4. The van der Waals surface area contributed by atoms with Crippen LogP contribution in [0.2, 0.25) is 5.15 Å². The zero-order chi connectivity index (χ0) is 9.97. The van der Waals surface area contributed by atoms with E-state index in [4.69, 9.17) is 22.1 Å². The summed E-state index contributed by atoms with van der Waals surface area (Å²) in [5, 5.41) is 1.66. The van der Waals surface area contributed by atoms with E-state index >= 15 is 0 Å². The van der Waals surface area contributed by atoms with Gasteiger partial charge in [-0.2, -0.15) is 0 Å². The van der Waals surface area contributed by atoms with Crippen molar-refractivity contribution in [3.05, 3.63) is 11.2 Å². The van der Waals surface area contributed by atoms with Crippen molar-refractivity contribution in [2.45, 2.75) is 16.7 Å². The molecule has 0 aromatic carbocycles. The normalized spacial score (nSPS) is 21.4. The number of rotatable bonds is 2. The number of nitrogen functional groups attached to an aromatic ring is 1. The Morgan fingerprint density at radius 2 is 2.43 bits per heavy atom. The van der Waals surface area contributed by atoms with Gasteiger partial charge in [0.25, 0.3) is 0 Å². The number of ether oxygens (including phenoxy) is 1. The molecule has 1 unspecified atom stereocenters. The number of halogens is 1. The third-order valence-electron chi connectivity index (χ3n) is 1.86. The predicted octanol–water partition coefficient (Wildman–Crippen LogP) is 1.59. The smallest absolute Gasteiger partial charge is 0.222 e. The maximum absolute atomic E-state index is 5.76. The lowest BCUT2D eigenvalue weighted by Crippen LogP contribution is -2.02. The summed E-state index contributed by atoms with van der Waals surface area (Å²) < 4.78 is 5.26. The van der Waals surface area contributed by atoms with Crippen LogP contribution in [0.1, 0.15) is 6.42 Å². The molecule has 6 heteroatoms. The largest absolute Gasteiger partial charge is 0.380 e. The quantitative estimate of drug-likeness (QED) is 0.784. The molecule has 0 radical (unpaired) electrons. The van der Waals surface area contributed by atoms with E-state index in [1.807, 2.05) is 0 Å². The Hall–Kier alpha value is -0.520. The summed E-state index contributed by atoms with van der Waals surface area (Å²) in [5.74, 6) is 0.221. The van der Waals surface area contributed by atoms with Gasteiger partial charge in [0, 0.05) is 17.9 Å². The van der Waals surface area contributed by atoms with Gasteiger partial charge in [-0.05, 0) is 6.42 Å². The van der Waals surface area contributed by atoms with Crippen LogP contribution in [-0.2, 0) is 4.74 Å². The number of hydrogen-bond donors (Lipinski definition) is 1. The minimum Gasteiger partial charge on any atom is -0.380 e. The van der Waals surface area contributed by atoms with E-state index in [1.165, 1.54) is 0 Å². The molecular formula is C8H10ClN3OS. The average molecular weight is 232 g/mol. The maximum atomic E-state index is 5.76. The molecular weight excluding hydrogens is 222 g/mol. The van der Waals surface area contributed by atoms with Crippen LogP contribution >= 0.6 is 23.4 Å². The van der Waals surface area contributed by atoms with Crippen LogP contribution in [0.3, 0.4) is 0 Å². The molecule has 1 aromatic heterocycles. The molecule has 1 aromatic rings. The lowest BCUT2D eigenvalue weighted by molar-refractivity contribution is 0.199. The van der Waals surface area contributed by atoms with Gasteiger partial charge in [0.05, 0.1) is 6.61 Å². The molecule has 1 aliphatic heterocycles. The molecule has 1 aliphatic rings. The van der Waals surface area contributed by atoms with Crippen LogP contribution < -0.4 is 5.73 Å². The van der Waals surface area contributed by atoms with Crippen LogP contribution in [-0.4, -0.2) is 28.4 Å². The van der Waals surface area contributed by atoms with Gasteiger partial charge in [-0.15, -0.1) is 11.8 Å². The predicted molar refractivity (Wildman–Crippen MR) is 56.5 cm³/mol. The molecule has 1 fully saturated rings. The number of aromatic nitrogens is 2. The van der Waals surface area contributed by atoms with Gasteiger partial charge in [0.1, 0.15) is 10.2 Å². The molecule has 0 bridgehead atoms. The molecule has 1 atom stereocenters. The van der Waals surface area contributed by atoms with Crippen LogP contribution in [0.4, 0.5) is 5.95 Å². The second-order valence-electron chi connectivity index (χ2n) is 2.99. The zero-order valence-electron chi connectivity index (χ0n) is 7.44. The molecule has 2 rings (SSSR count). The number of nitrogens with two attached hydrogens (primary N) is 1. The van der Waals surface area contributed by atoms with Gasteiger partial charge in [-0.25, -0.2) is 9.97 Å². The number of anilines is 1. The van der Waals surface area contributed by atoms with E-state index in [-0.39, 0.29) is 5.95 Å². The fourth-order valence-electron chi connectivity index (χ4n) is 1.25. The molecule has 0 amide bonds. The van der Waals surface area contributed by atoms with Gasteiger partial charge >= 0.3 is 0 Å². The summed E-state index contributed by atoms with van der Waals surface area (Å²) in [6, 6.07) is 1.72. The van der Waals surface area contributed by atoms with E-state index in [9.17, 15) is 0 Å². The highest BCUT2D eigenvalue weighted by Crippen LogP contribution is 2.28. The van der Waals surface area contributed by atoms with Crippen molar-refractivity contribution in [3.63, 3.8) is 0 Å². The topological polar surface area (TPSA) is 61.0 Å². The highest BCUT2D eigenvalue weighted by molar-refractivity contribution is 7.99. The van der Waals surface area contributed by atoms with Crippen molar-refractivity contribution < 1.29 is 4.74 Å². The van der Waals surface area contributed by atoms with Crippen molar-refractivity contribution in [1.82, 2.24) is 9.97 Å². The van der Waals surface area contributed by atoms with Crippen molar-refractivity contribution >= 4 is 29.3 Å². The summed E-state index contributed by atoms with van der Waals surface area (Å²) in [6.07, 6.45) is 1.05. The molecule has 0 saturated carbocycles. The molecule has 4 nitrogen and oxygen atoms in total.